The summed E-state index contributed by atoms with van der Waals surface area (Å²) in [6.45, 7) is 1.82. The Bertz CT molecular complexity index is 913. The lowest BCUT2D eigenvalue weighted by Gasteiger charge is -2.22. The summed E-state index contributed by atoms with van der Waals surface area (Å²) in [7, 11) is -2.65. The molecule has 26 heavy (non-hydrogen) atoms. The molecule has 2 rings (SSSR count). The van der Waals surface area contributed by atoms with Crippen molar-refractivity contribution in [3.8, 4) is 5.75 Å². The van der Waals surface area contributed by atoms with E-state index < -0.39 is 20.3 Å². The van der Waals surface area contributed by atoms with Gasteiger partial charge < -0.3 is 4.74 Å². The second kappa shape index (κ2) is 8.08. The van der Waals surface area contributed by atoms with Crippen molar-refractivity contribution in [2.75, 3.05) is 13.4 Å². The van der Waals surface area contributed by atoms with E-state index in [0.29, 0.717) is 10.6 Å². The molecule has 0 bridgehead atoms. The van der Waals surface area contributed by atoms with Crippen LogP contribution in [0.4, 0.5) is 0 Å². The normalized spacial score (nSPS) is 11.9. The van der Waals surface area contributed by atoms with Crippen molar-refractivity contribution >= 4 is 50.9 Å². The Morgan fingerprint density at radius 2 is 1.77 bits per heavy atom. The van der Waals surface area contributed by atoms with Crippen molar-refractivity contribution in [2.24, 2.45) is 0 Å². The highest BCUT2D eigenvalue weighted by molar-refractivity contribution is 7.98. The molecule has 0 aromatic heterocycles. The first-order chi connectivity index (χ1) is 12.1. The van der Waals surface area contributed by atoms with Gasteiger partial charge >= 0.3 is 0 Å². The van der Waals surface area contributed by atoms with Crippen LogP contribution in [0.1, 0.15) is 11.1 Å². The van der Waals surface area contributed by atoms with Crippen LogP contribution in [0.3, 0.4) is 0 Å². The summed E-state index contributed by atoms with van der Waals surface area (Å²) in [5.41, 5.74) is 1.13. The van der Waals surface area contributed by atoms with Gasteiger partial charge in [-0.25, -0.2) is 13.1 Å². The maximum Gasteiger partial charge on any atom is 0.274 e. The highest BCUT2D eigenvalue weighted by Crippen LogP contribution is 2.41. The number of carbonyl (C=O) groups excluding carboxylic acids is 1. The van der Waals surface area contributed by atoms with E-state index in [0.717, 1.165) is 5.56 Å². The number of halogens is 2. The quantitative estimate of drug-likeness (QED) is 0.552. The molecule has 0 heterocycles. The SMILES string of the molecule is COc1ccc(SC)c(C(Cl)(Cl)C(=O)NS(=O)(=O)c2ccc(C)cc2)c1. The summed E-state index contributed by atoms with van der Waals surface area (Å²) in [6.07, 6.45) is 1.79. The van der Waals surface area contributed by atoms with Gasteiger partial charge in [0.2, 0.25) is 4.33 Å². The molecule has 0 spiro atoms. The summed E-state index contributed by atoms with van der Waals surface area (Å²) >= 11 is 13.8. The molecule has 0 fully saturated rings. The lowest BCUT2D eigenvalue weighted by atomic mass is 10.1. The molecule has 0 aliphatic carbocycles. The van der Waals surface area contributed by atoms with Crippen molar-refractivity contribution in [2.45, 2.75) is 21.0 Å². The zero-order valence-corrected chi connectivity index (χ0v) is 17.4. The standard InChI is InChI=1S/C17H17Cl2NO4S2/c1-11-4-7-13(8-5-11)26(22,23)20-16(21)17(18,19)14-10-12(24-2)6-9-15(14)25-3/h4-10H,1-3H3,(H,20,21). The molecule has 0 atom stereocenters. The first-order valence-corrected chi connectivity index (χ1v) is 10.8. The summed E-state index contributed by atoms with van der Waals surface area (Å²) in [4.78, 5) is 13.1. The number of rotatable bonds is 6. The third-order valence-corrected chi connectivity index (χ3v) is 6.48. The molecule has 9 heteroatoms. The van der Waals surface area contributed by atoms with Crippen LogP contribution < -0.4 is 9.46 Å². The van der Waals surface area contributed by atoms with E-state index in [9.17, 15) is 13.2 Å². The van der Waals surface area contributed by atoms with Crippen LogP contribution in [0.5, 0.6) is 5.75 Å². The minimum Gasteiger partial charge on any atom is -0.497 e. The van der Waals surface area contributed by atoms with Gasteiger partial charge in [0.25, 0.3) is 15.9 Å². The topological polar surface area (TPSA) is 72.5 Å². The molecular formula is C17H17Cl2NO4S2. The monoisotopic (exact) mass is 433 g/mol. The molecule has 0 aliphatic heterocycles. The van der Waals surface area contributed by atoms with Crippen molar-refractivity contribution in [1.82, 2.24) is 4.72 Å². The van der Waals surface area contributed by atoms with Crippen molar-refractivity contribution < 1.29 is 17.9 Å². The number of carbonyl (C=O) groups is 1. The molecule has 1 amide bonds. The van der Waals surface area contributed by atoms with Gasteiger partial charge in [-0.15, -0.1) is 11.8 Å². The fourth-order valence-corrected chi connectivity index (χ4v) is 4.42. The maximum atomic E-state index is 12.6. The van der Waals surface area contributed by atoms with Crippen molar-refractivity contribution in [1.29, 1.82) is 0 Å². The van der Waals surface area contributed by atoms with E-state index >= 15 is 0 Å². The third kappa shape index (κ3) is 4.46. The largest absolute Gasteiger partial charge is 0.497 e. The van der Waals surface area contributed by atoms with Crippen LogP contribution >= 0.6 is 35.0 Å². The van der Waals surface area contributed by atoms with Crippen molar-refractivity contribution in [3.05, 3.63) is 53.6 Å². The van der Waals surface area contributed by atoms with Gasteiger partial charge in [0, 0.05) is 10.5 Å². The number of hydrogen-bond acceptors (Lipinski definition) is 5. The number of ether oxygens (including phenoxy) is 1. The Kier molecular flexibility index (Phi) is 6.50. The summed E-state index contributed by atoms with van der Waals surface area (Å²) < 4.78 is 29.8. The fraction of sp³-hybridized carbons (Fsp3) is 0.235. The summed E-state index contributed by atoms with van der Waals surface area (Å²) in [6, 6.07) is 10.9. The number of sulfonamides is 1. The predicted octanol–water partition coefficient (Wildman–Crippen LogP) is 3.86. The Morgan fingerprint density at radius 1 is 1.15 bits per heavy atom. The van der Waals surface area contributed by atoms with E-state index in [-0.39, 0.29) is 10.5 Å². The Hall–Kier alpha value is -1.41. The zero-order chi connectivity index (χ0) is 19.5. The van der Waals surface area contributed by atoms with Crippen molar-refractivity contribution in [3.63, 3.8) is 0 Å². The first-order valence-electron chi connectivity index (χ1n) is 7.36. The number of methoxy groups -OCH3 is 1. The van der Waals surface area contributed by atoms with E-state index in [1.807, 2.05) is 11.6 Å². The van der Waals surface area contributed by atoms with Gasteiger partial charge in [-0.05, 0) is 43.5 Å². The van der Waals surface area contributed by atoms with E-state index in [4.69, 9.17) is 27.9 Å². The molecule has 0 saturated heterocycles. The highest BCUT2D eigenvalue weighted by Gasteiger charge is 2.40. The zero-order valence-electron chi connectivity index (χ0n) is 14.2. The Labute approximate surface area is 167 Å². The predicted molar refractivity (Wildman–Crippen MR) is 105 cm³/mol. The number of aryl methyl sites for hydroxylation is 1. The minimum absolute atomic E-state index is 0.0590. The number of alkyl halides is 2. The van der Waals surface area contributed by atoms with Gasteiger partial charge in [-0.2, -0.15) is 0 Å². The smallest absolute Gasteiger partial charge is 0.274 e. The molecule has 0 radical (unpaired) electrons. The fourth-order valence-electron chi connectivity index (χ4n) is 2.14. The number of benzene rings is 2. The first kappa shape index (κ1) is 20.9. The van der Waals surface area contributed by atoms with Crippen LogP contribution in [0, 0.1) is 6.92 Å². The number of hydrogen-bond donors (Lipinski definition) is 1. The number of thioether (sulfide) groups is 1. The van der Waals surface area contributed by atoms with Gasteiger partial charge in [-0.3, -0.25) is 4.79 Å². The Morgan fingerprint density at radius 3 is 2.31 bits per heavy atom. The summed E-state index contributed by atoms with van der Waals surface area (Å²) in [5, 5.41) is 0. The van der Waals surface area contributed by atoms with Crippen LogP contribution in [-0.4, -0.2) is 27.7 Å². The molecular weight excluding hydrogens is 417 g/mol. The number of amides is 1. The lowest BCUT2D eigenvalue weighted by Crippen LogP contribution is -2.40. The highest BCUT2D eigenvalue weighted by atomic mass is 35.5. The molecule has 140 valence electrons. The van der Waals surface area contributed by atoms with Gasteiger partial charge in [-0.1, -0.05) is 40.9 Å². The van der Waals surface area contributed by atoms with Gasteiger partial charge in [0.1, 0.15) is 5.75 Å². The summed E-state index contributed by atoms with van der Waals surface area (Å²) in [5.74, 6) is -0.623. The molecule has 2 aromatic rings. The lowest BCUT2D eigenvalue weighted by molar-refractivity contribution is -0.120. The van der Waals surface area contributed by atoms with E-state index in [1.54, 1.807) is 30.5 Å². The molecule has 0 aliphatic rings. The van der Waals surface area contributed by atoms with E-state index in [1.165, 1.54) is 37.1 Å². The Balaban J connectivity index is 2.37. The maximum absolute atomic E-state index is 12.6. The van der Waals surface area contributed by atoms with Crippen LogP contribution in [0.25, 0.3) is 0 Å². The van der Waals surface area contributed by atoms with Gasteiger partial charge in [0.15, 0.2) is 0 Å². The average molecular weight is 434 g/mol. The third-order valence-electron chi connectivity index (χ3n) is 3.59. The van der Waals surface area contributed by atoms with Crippen LogP contribution in [0.2, 0.25) is 0 Å². The molecule has 2 aromatic carbocycles. The van der Waals surface area contributed by atoms with Crippen LogP contribution in [-0.2, 0) is 19.2 Å². The average Bonchev–Trinajstić information content (AvgIpc) is 2.61. The second-order valence-electron chi connectivity index (χ2n) is 5.39. The molecule has 0 saturated carbocycles. The minimum atomic E-state index is -4.11. The van der Waals surface area contributed by atoms with Crippen LogP contribution in [0.15, 0.2) is 52.3 Å². The molecule has 0 unspecified atom stereocenters. The van der Waals surface area contributed by atoms with Gasteiger partial charge in [0.05, 0.1) is 12.0 Å². The molecule has 5 nitrogen and oxygen atoms in total. The van der Waals surface area contributed by atoms with E-state index in [2.05, 4.69) is 0 Å². The second-order valence-corrected chi connectivity index (χ2v) is 9.25. The number of nitrogens with one attached hydrogen (secondary N) is 1. The molecule has 1 N–H and O–H groups in total.